The zero-order chi connectivity index (χ0) is 19.8. The molecule has 144 valence electrons. The van der Waals surface area contributed by atoms with Gasteiger partial charge in [-0.25, -0.2) is 0 Å². The Kier molecular flexibility index (Phi) is 7.86. The number of amides is 2. The van der Waals surface area contributed by atoms with E-state index in [4.69, 9.17) is 11.6 Å². The second-order valence-corrected chi connectivity index (χ2v) is 7.07. The van der Waals surface area contributed by atoms with Crippen molar-refractivity contribution in [2.45, 2.75) is 46.2 Å². The molecule has 0 aromatic heterocycles. The van der Waals surface area contributed by atoms with Gasteiger partial charge in [-0.1, -0.05) is 60.5 Å². The molecular weight excluding hydrogens is 360 g/mol. The fourth-order valence-corrected chi connectivity index (χ4v) is 3.22. The van der Waals surface area contributed by atoms with E-state index >= 15 is 0 Å². The number of hydrogen-bond donors (Lipinski definition) is 1. The Morgan fingerprint density at radius 3 is 2.37 bits per heavy atom. The maximum atomic E-state index is 13.1. The molecule has 1 N–H and O–H groups in total. The van der Waals surface area contributed by atoms with Crippen molar-refractivity contribution in [3.05, 3.63) is 70.2 Å². The minimum Gasteiger partial charge on any atom is -0.355 e. The number of halogens is 1. The van der Waals surface area contributed by atoms with Gasteiger partial charge in [0.15, 0.2) is 0 Å². The summed E-state index contributed by atoms with van der Waals surface area (Å²) in [6.45, 7) is 6.72. The van der Waals surface area contributed by atoms with E-state index in [1.807, 2.05) is 57.2 Å². The first-order chi connectivity index (χ1) is 12.9. The van der Waals surface area contributed by atoms with Crippen molar-refractivity contribution in [1.29, 1.82) is 0 Å². The van der Waals surface area contributed by atoms with Gasteiger partial charge in [-0.2, -0.15) is 0 Å². The lowest BCUT2D eigenvalue weighted by Gasteiger charge is -2.30. The highest BCUT2D eigenvalue weighted by atomic mass is 35.5. The van der Waals surface area contributed by atoms with E-state index in [-0.39, 0.29) is 18.2 Å². The number of nitrogens with one attached hydrogen (secondary N) is 1. The van der Waals surface area contributed by atoms with Crippen LogP contribution in [0.1, 0.15) is 37.0 Å². The Labute approximate surface area is 166 Å². The molecule has 0 aliphatic heterocycles. The van der Waals surface area contributed by atoms with Crippen LogP contribution in [0, 0.1) is 6.92 Å². The van der Waals surface area contributed by atoms with Gasteiger partial charge >= 0.3 is 0 Å². The molecule has 0 bridgehead atoms. The number of carbonyl (C=O) groups is 2. The molecule has 0 aliphatic rings. The number of aryl methyl sites for hydroxylation is 1. The first-order valence-electron chi connectivity index (χ1n) is 9.31. The second kappa shape index (κ2) is 10.1. The summed E-state index contributed by atoms with van der Waals surface area (Å²) in [5, 5.41) is 3.49. The largest absolute Gasteiger partial charge is 0.355 e. The van der Waals surface area contributed by atoms with Gasteiger partial charge in [0.1, 0.15) is 6.04 Å². The van der Waals surface area contributed by atoms with Gasteiger partial charge in [0.25, 0.3) is 0 Å². The summed E-state index contributed by atoms with van der Waals surface area (Å²) in [5.74, 6) is -0.180. The summed E-state index contributed by atoms with van der Waals surface area (Å²) in [6.07, 6.45) is 0.824. The van der Waals surface area contributed by atoms with Crippen LogP contribution < -0.4 is 5.32 Å². The normalized spacial score (nSPS) is 11.7. The lowest BCUT2D eigenvalue weighted by atomic mass is 10.1. The standard InChI is InChI=1S/C22H27ClN2O2/c1-4-20(22(27)24-5-2)25(15-17-9-11-19(23)12-10-17)21(26)14-18-8-6-7-16(3)13-18/h6-13,20H,4-5,14-15H2,1-3H3,(H,24,27)/t20-/m0/s1. The van der Waals surface area contributed by atoms with Crippen molar-refractivity contribution < 1.29 is 9.59 Å². The zero-order valence-electron chi connectivity index (χ0n) is 16.2. The highest BCUT2D eigenvalue weighted by Crippen LogP contribution is 2.17. The van der Waals surface area contributed by atoms with Gasteiger partial charge in [-0.05, 0) is 43.5 Å². The zero-order valence-corrected chi connectivity index (χ0v) is 16.9. The highest BCUT2D eigenvalue weighted by molar-refractivity contribution is 6.30. The van der Waals surface area contributed by atoms with Crippen molar-refractivity contribution in [3.63, 3.8) is 0 Å². The van der Waals surface area contributed by atoms with Crippen LogP contribution in [0.2, 0.25) is 5.02 Å². The Hall–Kier alpha value is -2.33. The molecule has 0 aliphatic carbocycles. The van der Waals surface area contributed by atoms with Crippen LogP contribution in [-0.4, -0.2) is 29.3 Å². The van der Waals surface area contributed by atoms with Crippen LogP contribution in [0.25, 0.3) is 0 Å². The molecule has 2 aromatic carbocycles. The van der Waals surface area contributed by atoms with Gasteiger partial charge in [0, 0.05) is 18.1 Å². The maximum absolute atomic E-state index is 13.1. The van der Waals surface area contributed by atoms with E-state index in [9.17, 15) is 9.59 Å². The lowest BCUT2D eigenvalue weighted by molar-refractivity contribution is -0.140. The van der Waals surface area contributed by atoms with Crippen molar-refractivity contribution in [3.8, 4) is 0 Å². The third-order valence-corrected chi connectivity index (χ3v) is 4.69. The van der Waals surface area contributed by atoms with Crippen LogP contribution in [-0.2, 0) is 22.6 Å². The van der Waals surface area contributed by atoms with Gasteiger partial charge in [0.05, 0.1) is 6.42 Å². The minimum atomic E-state index is -0.502. The van der Waals surface area contributed by atoms with E-state index < -0.39 is 6.04 Å². The summed E-state index contributed by atoms with van der Waals surface area (Å²) < 4.78 is 0. The molecule has 1 atom stereocenters. The van der Waals surface area contributed by atoms with Crippen LogP contribution in [0.3, 0.4) is 0 Å². The maximum Gasteiger partial charge on any atom is 0.242 e. The first kappa shape index (κ1) is 21.0. The quantitative estimate of drug-likeness (QED) is 0.741. The average Bonchev–Trinajstić information content (AvgIpc) is 2.63. The van der Waals surface area contributed by atoms with Gasteiger partial charge in [-0.15, -0.1) is 0 Å². The predicted octanol–water partition coefficient (Wildman–Crippen LogP) is 4.13. The number of benzene rings is 2. The van der Waals surface area contributed by atoms with E-state index in [1.54, 1.807) is 17.0 Å². The summed E-state index contributed by atoms with van der Waals surface area (Å²) >= 11 is 5.97. The molecule has 0 saturated heterocycles. The molecule has 2 rings (SSSR count). The van der Waals surface area contributed by atoms with E-state index in [1.165, 1.54) is 0 Å². The number of hydrogen-bond acceptors (Lipinski definition) is 2. The molecule has 2 aromatic rings. The number of nitrogens with zero attached hydrogens (tertiary/aromatic N) is 1. The summed E-state index contributed by atoms with van der Waals surface area (Å²) in [4.78, 5) is 27.3. The molecule has 2 amide bonds. The minimum absolute atomic E-state index is 0.0614. The molecule has 0 heterocycles. The van der Waals surface area contributed by atoms with Crippen molar-refractivity contribution >= 4 is 23.4 Å². The van der Waals surface area contributed by atoms with Crippen LogP contribution in [0.5, 0.6) is 0 Å². The fourth-order valence-electron chi connectivity index (χ4n) is 3.10. The van der Waals surface area contributed by atoms with Crippen LogP contribution in [0.15, 0.2) is 48.5 Å². The number of carbonyl (C=O) groups excluding carboxylic acids is 2. The Balaban J connectivity index is 2.27. The first-order valence-corrected chi connectivity index (χ1v) is 9.69. The molecular formula is C22H27ClN2O2. The van der Waals surface area contributed by atoms with Gasteiger partial charge in [-0.3, -0.25) is 9.59 Å². The highest BCUT2D eigenvalue weighted by Gasteiger charge is 2.28. The number of likely N-dealkylation sites (N-methyl/N-ethyl adjacent to an activating group) is 1. The van der Waals surface area contributed by atoms with Crippen LogP contribution in [0.4, 0.5) is 0 Å². The third-order valence-electron chi connectivity index (χ3n) is 4.44. The fraction of sp³-hybridized carbons (Fsp3) is 0.364. The molecule has 0 fully saturated rings. The van der Waals surface area contributed by atoms with E-state index in [2.05, 4.69) is 5.32 Å². The second-order valence-electron chi connectivity index (χ2n) is 6.63. The topological polar surface area (TPSA) is 49.4 Å². The monoisotopic (exact) mass is 386 g/mol. The number of rotatable bonds is 8. The third kappa shape index (κ3) is 6.10. The van der Waals surface area contributed by atoms with Gasteiger partial charge < -0.3 is 10.2 Å². The van der Waals surface area contributed by atoms with Crippen LogP contribution >= 0.6 is 11.6 Å². The molecule has 0 radical (unpaired) electrons. The predicted molar refractivity (Wildman–Crippen MR) is 110 cm³/mol. The van der Waals surface area contributed by atoms with Gasteiger partial charge in [0.2, 0.25) is 11.8 Å². The van der Waals surface area contributed by atoms with E-state index in [0.29, 0.717) is 24.5 Å². The Morgan fingerprint density at radius 2 is 1.78 bits per heavy atom. The van der Waals surface area contributed by atoms with Crippen molar-refractivity contribution in [2.75, 3.05) is 6.54 Å². The molecule has 4 nitrogen and oxygen atoms in total. The van der Waals surface area contributed by atoms with E-state index in [0.717, 1.165) is 16.7 Å². The van der Waals surface area contributed by atoms with Crippen molar-refractivity contribution in [1.82, 2.24) is 10.2 Å². The average molecular weight is 387 g/mol. The molecule has 5 heteroatoms. The molecule has 0 unspecified atom stereocenters. The summed E-state index contributed by atoms with van der Waals surface area (Å²) in [5.41, 5.74) is 3.01. The molecule has 27 heavy (non-hydrogen) atoms. The Morgan fingerprint density at radius 1 is 1.07 bits per heavy atom. The smallest absolute Gasteiger partial charge is 0.242 e. The summed E-state index contributed by atoms with van der Waals surface area (Å²) in [7, 11) is 0. The lowest BCUT2D eigenvalue weighted by Crippen LogP contribution is -2.49. The SMILES string of the molecule is CCNC(=O)[C@H](CC)N(Cc1ccc(Cl)cc1)C(=O)Cc1cccc(C)c1. The molecule has 0 saturated carbocycles. The summed E-state index contributed by atoms with van der Waals surface area (Å²) in [6, 6.07) is 14.8. The Bertz CT molecular complexity index is 774. The molecule has 0 spiro atoms. The van der Waals surface area contributed by atoms with Crippen molar-refractivity contribution in [2.24, 2.45) is 0 Å².